The Labute approximate surface area is 198 Å². The van der Waals surface area contributed by atoms with Gasteiger partial charge in [-0.3, -0.25) is 19.3 Å². The number of amides is 4. The Balaban J connectivity index is 1.48. The van der Waals surface area contributed by atoms with E-state index < -0.39 is 42.2 Å². The van der Waals surface area contributed by atoms with E-state index in [4.69, 9.17) is 10.4 Å². The minimum atomic E-state index is -1.15. The number of piperazine rings is 1. The van der Waals surface area contributed by atoms with Crippen LogP contribution in [0.2, 0.25) is 5.82 Å². The second-order valence-electron chi connectivity index (χ2n) is 9.50. The van der Waals surface area contributed by atoms with Gasteiger partial charge in [-0.05, 0) is 44.2 Å². The number of Topliss-reactive ketones (excluding diaryl/α,β-unsaturated/α-hetero) is 1. The number of aryl methyl sites for hydroxylation is 1. The van der Waals surface area contributed by atoms with E-state index in [9.17, 15) is 24.2 Å². The largest absolute Gasteiger partial charge is 0.536 e. The van der Waals surface area contributed by atoms with Crippen molar-refractivity contribution in [1.82, 2.24) is 15.1 Å². The number of nitrogens with two attached hydrogens (primary N) is 1. The average Bonchev–Trinajstić information content (AvgIpc) is 3.61. The van der Waals surface area contributed by atoms with Crippen molar-refractivity contribution in [2.45, 2.75) is 51.4 Å². The summed E-state index contributed by atoms with van der Waals surface area (Å²) in [6.45, 7) is 4.55. The van der Waals surface area contributed by atoms with Crippen LogP contribution in [0.15, 0.2) is 18.2 Å². The van der Waals surface area contributed by atoms with Gasteiger partial charge in [0.25, 0.3) is 0 Å². The molecule has 4 amide bonds. The van der Waals surface area contributed by atoms with Crippen molar-refractivity contribution in [3.63, 3.8) is 0 Å². The number of hydrogen-bond acceptors (Lipinski definition) is 7. The molecule has 1 aromatic carbocycles. The fourth-order valence-corrected chi connectivity index (χ4v) is 4.91. The Hall–Kier alpha value is -2.92. The molecular weight excluding hydrogens is 439 g/mol. The van der Waals surface area contributed by atoms with Crippen LogP contribution < -0.4 is 15.7 Å². The standard InChI is InChI=1S/C23H31BN4O6/c1-3-27-9-10-28(21(31)20(27)30)22(32)26-19(23(13-25)7-8-23)17(29)12-16-11-15-6-4-5-14(2)18(15)34-24(16)33/h4-6,16,19,33H,3,7-13,25H2,1-2H3,(H,26,32)/t16-,19+/m1/s1. The van der Waals surface area contributed by atoms with Gasteiger partial charge in [-0.15, -0.1) is 0 Å². The number of imide groups is 1. The Morgan fingerprint density at radius 1 is 1.29 bits per heavy atom. The number of para-hydroxylation sites is 1. The lowest BCUT2D eigenvalue weighted by Crippen LogP contribution is -2.61. The number of benzene rings is 1. The van der Waals surface area contributed by atoms with E-state index in [0.717, 1.165) is 16.0 Å². The van der Waals surface area contributed by atoms with E-state index >= 15 is 0 Å². The highest BCUT2D eigenvalue weighted by Gasteiger charge is 2.53. The number of hydrogen-bond donors (Lipinski definition) is 3. The summed E-state index contributed by atoms with van der Waals surface area (Å²) >= 11 is 0. The van der Waals surface area contributed by atoms with Gasteiger partial charge in [0.1, 0.15) is 5.75 Å². The Kier molecular flexibility index (Phi) is 6.68. The monoisotopic (exact) mass is 470 g/mol. The molecule has 0 radical (unpaired) electrons. The SMILES string of the molecule is CCN1CCN(C(=O)N[C@@H](C(=O)C[C@H]2Cc3cccc(C)c3OB2O)C2(CN)CC2)C(=O)C1=O. The summed E-state index contributed by atoms with van der Waals surface area (Å²) in [4.78, 5) is 53.3. The zero-order chi connectivity index (χ0) is 24.6. The Bertz CT molecular complexity index is 1010. The maximum absolute atomic E-state index is 13.4. The number of urea groups is 1. The quantitative estimate of drug-likeness (QED) is 0.383. The van der Waals surface area contributed by atoms with Gasteiger partial charge in [-0.2, -0.15) is 0 Å². The normalized spacial score (nSPS) is 22.1. The maximum Gasteiger partial charge on any atom is 0.526 e. The van der Waals surface area contributed by atoms with E-state index in [1.54, 1.807) is 6.92 Å². The lowest BCUT2D eigenvalue weighted by molar-refractivity contribution is -0.153. The average molecular weight is 470 g/mol. The molecule has 1 aliphatic carbocycles. The van der Waals surface area contributed by atoms with Crippen molar-refractivity contribution >= 4 is 30.7 Å². The summed E-state index contributed by atoms with van der Waals surface area (Å²) in [6, 6.07) is 4.02. The number of likely N-dealkylation sites (N-methyl/N-ethyl adjacent to an activating group) is 1. The van der Waals surface area contributed by atoms with Crippen LogP contribution in [0, 0.1) is 12.3 Å². The summed E-state index contributed by atoms with van der Waals surface area (Å²) in [5.41, 5.74) is 7.21. The maximum atomic E-state index is 13.4. The number of carbonyl (C=O) groups is 4. The Morgan fingerprint density at radius 3 is 2.68 bits per heavy atom. The van der Waals surface area contributed by atoms with E-state index in [2.05, 4.69) is 5.32 Å². The molecule has 2 heterocycles. The van der Waals surface area contributed by atoms with E-state index in [1.165, 1.54) is 4.90 Å². The van der Waals surface area contributed by atoms with Crippen molar-refractivity contribution < 1.29 is 28.9 Å². The van der Waals surface area contributed by atoms with Gasteiger partial charge in [0.15, 0.2) is 5.78 Å². The third-order valence-electron chi connectivity index (χ3n) is 7.32. The molecule has 0 bridgehead atoms. The summed E-state index contributed by atoms with van der Waals surface area (Å²) in [5, 5.41) is 13.3. The molecule has 0 spiro atoms. The number of nitrogens with zero attached hydrogens (tertiary/aromatic N) is 2. The first-order chi connectivity index (χ1) is 16.2. The fraction of sp³-hybridized carbons (Fsp3) is 0.565. The van der Waals surface area contributed by atoms with Gasteiger partial charge < -0.3 is 25.6 Å². The first-order valence-electron chi connectivity index (χ1n) is 11.8. The predicted octanol–water partition coefficient (Wildman–Crippen LogP) is 0.248. The van der Waals surface area contributed by atoms with Gasteiger partial charge in [0.2, 0.25) is 0 Å². The molecule has 2 fully saturated rings. The number of nitrogens with one attached hydrogen (secondary N) is 1. The second kappa shape index (κ2) is 9.38. The Morgan fingerprint density at radius 2 is 2.03 bits per heavy atom. The first kappa shape index (κ1) is 24.2. The topological polar surface area (TPSA) is 142 Å². The smallest absolute Gasteiger partial charge is 0.526 e. The third kappa shape index (κ3) is 4.41. The van der Waals surface area contributed by atoms with Crippen molar-refractivity contribution in [2.24, 2.45) is 11.1 Å². The lowest BCUT2D eigenvalue weighted by atomic mass is 9.63. The zero-order valence-electron chi connectivity index (χ0n) is 19.6. The molecule has 10 nitrogen and oxygen atoms in total. The van der Waals surface area contributed by atoms with E-state index in [0.29, 0.717) is 31.6 Å². The zero-order valence-corrected chi connectivity index (χ0v) is 19.6. The first-order valence-corrected chi connectivity index (χ1v) is 11.8. The van der Waals surface area contributed by atoms with Crippen LogP contribution in [0.4, 0.5) is 4.79 Å². The number of ketones is 1. The van der Waals surface area contributed by atoms with Gasteiger partial charge in [0, 0.05) is 43.8 Å². The molecule has 0 unspecified atom stereocenters. The molecule has 1 aromatic rings. The number of fused-ring (bicyclic) bond motifs is 1. The fourth-order valence-electron chi connectivity index (χ4n) is 4.91. The second-order valence-corrected chi connectivity index (χ2v) is 9.50. The van der Waals surface area contributed by atoms with Crippen LogP contribution in [0.5, 0.6) is 5.75 Å². The van der Waals surface area contributed by atoms with Crippen molar-refractivity contribution in [3.8, 4) is 5.75 Å². The molecule has 11 heteroatoms. The van der Waals surface area contributed by atoms with Gasteiger partial charge in [0.05, 0.1) is 6.04 Å². The molecule has 2 atom stereocenters. The van der Waals surface area contributed by atoms with Gasteiger partial charge >= 0.3 is 25.0 Å². The molecule has 34 heavy (non-hydrogen) atoms. The minimum absolute atomic E-state index is 0.0161. The van der Waals surface area contributed by atoms with Crippen molar-refractivity contribution in [3.05, 3.63) is 29.3 Å². The molecule has 4 N–H and O–H groups in total. The highest BCUT2D eigenvalue weighted by molar-refractivity contribution is 6.46. The van der Waals surface area contributed by atoms with E-state index in [-0.39, 0.29) is 31.8 Å². The predicted molar refractivity (Wildman–Crippen MR) is 124 cm³/mol. The molecule has 1 saturated heterocycles. The third-order valence-corrected chi connectivity index (χ3v) is 7.32. The molecule has 2 aliphatic heterocycles. The summed E-state index contributed by atoms with van der Waals surface area (Å²) in [5.74, 6) is -1.75. The van der Waals surface area contributed by atoms with Gasteiger partial charge in [-0.25, -0.2) is 4.79 Å². The minimum Gasteiger partial charge on any atom is -0.536 e. The van der Waals surface area contributed by atoms with Crippen molar-refractivity contribution in [2.75, 3.05) is 26.2 Å². The van der Waals surface area contributed by atoms with Crippen molar-refractivity contribution in [1.29, 1.82) is 0 Å². The number of carbonyl (C=O) groups excluding carboxylic acids is 4. The highest BCUT2D eigenvalue weighted by atomic mass is 16.5. The van der Waals surface area contributed by atoms with Crippen LogP contribution in [0.25, 0.3) is 0 Å². The summed E-state index contributed by atoms with van der Waals surface area (Å²) < 4.78 is 5.70. The van der Waals surface area contributed by atoms with E-state index in [1.807, 2.05) is 25.1 Å². The van der Waals surface area contributed by atoms with Crippen LogP contribution in [-0.4, -0.2) is 77.8 Å². The van der Waals surface area contributed by atoms with Crippen LogP contribution >= 0.6 is 0 Å². The van der Waals surface area contributed by atoms with Crippen LogP contribution in [0.3, 0.4) is 0 Å². The molecule has 1 saturated carbocycles. The lowest BCUT2D eigenvalue weighted by Gasteiger charge is -2.34. The highest BCUT2D eigenvalue weighted by Crippen LogP contribution is 2.49. The summed E-state index contributed by atoms with van der Waals surface area (Å²) in [6.07, 6.45) is 1.79. The molecule has 3 aliphatic rings. The molecular formula is C23H31BN4O6. The van der Waals surface area contributed by atoms with Crippen LogP contribution in [0.1, 0.15) is 37.3 Å². The molecule has 182 valence electrons. The van der Waals surface area contributed by atoms with Crippen LogP contribution in [-0.2, 0) is 20.8 Å². The number of rotatable bonds is 7. The van der Waals surface area contributed by atoms with Gasteiger partial charge in [-0.1, -0.05) is 18.2 Å². The molecule has 4 rings (SSSR count). The molecule has 0 aromatic heterocycles. The summed E-state index contributed by atoms with van der Waals surface area (Å²) in [7, 11) is -1.15.